The lowest BCUT2D eigenvalue weighted by Gasteiger charge is -2.17. The monoisotopic (exact) mass is 329 g/mol. The molecule has 1 N–H and O–H groups in total. The Hall–Kier alpha value is -0.540. The van der Waals surface area contributed by atoms with Gasteiger partial charge in [-0.05, 0) is 52.9 Å². The standard InChI is InChI=1S/C14H17BrClNO/c1-2-11(7-9-3-4-9)17-14(18)12-6-5-10(16)8-13(12)15/h5-6,8-9,11H,2-4,7H2,1H3,(H,17,18). The van der Waals surface area contributed by atoms with Gasteiger partial charge in [0.1, 0.15) is 0 Å². The third-order valence-corrected chi connectivity index (χ3v) is 4.21. The van der Waals surface area contributed by atoms with Gasteiger partial charge in [0.05, 0.1) is 5.56 Å². The summed E-state index contributed by atoms with van der Waals surface area (Å²) in [5, 5.41) is 3.73. The first-order valence-corrected chi connectivity index (χ1v) is 7.53. The Balaban J connectivity index is 2.00. The quantitative estimate of drug-likeness (QED) is 0.851. The van der Waals surface area contributed by atoms with Gasteiger partial charge in [-0.15, -0.1) is 0 Å². The van der Waals surface area contributed by atoms with E-state index in [1.54, 1.807) is 18.2 Å². The molecule has 98 valence electrons. The smallest absolute Gasteiger partial charge is 0.252 e. The van der Waals surface area contributed by atoms with Crippen molar-refractivity contribution in [2.24, 2.45) is 5.92 Å². The molecule has 1 saturated carbocycles. The number of nitrogens with one attached hydrogen (secondary N) is 1. The van der Waals surface area contributed by atoms with Crippen molar-refractivity contribution in [3.8, 4) is 0 Å². The Labute approximate surface area is 121 Å². The minimum absolute atomic E-state index is 0.0222. The highest BCUT2D eigenvalue weighted by Crippen LogP contribution is 2.34. The molecule has 1 aliphatic rings. The SMILES string of the molecule is CCC(CC1CC1)NC(=O)c1ccc(Cl)cc1Br. The van der Waals surface area contributed by atoms with Crippen LogP contribution in [0.1, 0.15) is 43.0 Å². The van der Waals surface area contributed by atoms with Crippen LogP contribution in [0.5, 0.6) is 0 Å². The van der Waals surface area contributed by atoms with E-state index >= 15 is 0 Å². The summed E-state index contributed by atoms with van der Waals surface area (Å²) in [5.41, 5.74) is 0.647. The summed E-state index contributed by atoms with van der Waals surface area (Å²) in [7, 11) is 0. The molecule has 1 aromatic carbocycles. The molecule has 2 nitrogen and oxygen atoms in total. The van der Waals surface area contributed by atoms with Gasteiger partial charge in [0.25, 0.3) is 5.91 Å². The van der Waals surface area contributed by atoms with E-state index in [-0.39, 0.29) is 11.9 Å². The van der Waals surface area contributed by atoms with Gasteiger partial charge in [0, 0.05) is 15.5 Å². The molecule has 0 spiro atoms. The van der Waals surface area contributed by atoms with Crippen LogP contribution in [0.3, 0.4) is 0 Å². The van der Waals surface area contributed by atoms with Crippen LogP contribution < -0.4 is 5.32 Å². The summed E-state index contributed by atoms with van der Waals surface area (Å²) in [6.45, 7) is 2.12. The van der Waals surface area contributed by atoms with Crippen LogP contribution in [-0.2, 0) is 0 Å². The van der Waals surface area contributed by atoms with Crippen LogP contribution in [0.15, 0.2) is 22.7 Å². The molecule has 1 unspecified atom stereocenters. The lowest BCUT2D eigenvalue weighted by molar-refractivity contribution is 0.0932. The predicted octanol–water partition coefficient (Wildman–Crippen LogP) is 4.41. The number of halogens is 2. The molecule has 2 rings (SSSR count). The summed E-state index contributed by atoms with van der Waals surface area (Å²) >= 11 is 9.25. The van der Waals surface area contributed by atoms with E-state index < -0.39 is 0 Å². The fraction of sp³-hybridized carbons (Fsp3) is 0.500. The van der Waals surface area contributed by atoms with Crippen molar-refractivity contribution in [1.82, 2.24) is 5.32 Å². The molecule has 1 aliphatic carbocycles. The summed E-state index contributed by atoms with van der Waals surface area (Å²) in [6, 6.07) is 5.53. The average Bonchev–Trinajstić information content (AvgIpc) is 3.11. The zero-order valence-electron chi connectivity index (χ0n) is 10.4. The first-order valence-electron chi connectivity index (χ1n) is 6.36. The molecule has 1 amide bonds. The Bertz CT molecular complexity index is 445. The Morgan fingerprint density at radius 2 is 2.28 bits per heavy atom. The second-order valence-corrected chi connectivity index (χ2v) is 6.17. The summed E-state index contributed by atoms with van der Waals surface area (Å²) < 4.78 is 0.744. The molecule has 4 heteroatoms. The second-order valence-electron chi connectivity index (χ2n) is 4.88. The molecule has 1 aromatic rings. The van der Waals surface area contributed by atoms with Crippen molar-refractivity contribution in [3.63, 3.8) is 0 Å². The molecular formula is C14H17BrClNO. The first-order chi connectivity index (χ1) is 8.60. The maximum atomic E-state index is 12.2. The maximum absolute atomic E-state index is 12.2. The van der Waals surface area contributed by atoms with E-state index in [0.29, 0.717) is 10.6 Å². The Morgan fingerprint density at radius 1 is 1.56 bits per heavy atom. The van der Waals surface area contributed by atoms with Crippen molar-refractivity contribution in [2.75, 3.05) is 0 Å². The normalized spacial score (nSPS) is 16.4. The van der Waals surface area contributed by atoms with Gasteiger partial charge in [0.2, 0.25) is 0 Å². The van der Waals surface area contributed by atoms with E-state index in [0.717, 1.165) is 23.2 Å². The van der Waals surface area contributed by atoms with Gasteiger partial charge in [0.15, 0.2) is 0 Å². The molecule has 1 fully saturated rings. The Morgan fingerprint density at radius 3 is 2.83 bits per heavy atom. The predicted molar refractivity (Wildman–Crippen MR) is 78.0 cm³/mol. The van der Waals surface area contributed by atoms with Crippen LogP contribution in [0.4, 0.5) is 0 Å². The molecule has 0 aliphatic heterocycles. The highest BCUT2D eigenvalue weighted by atomic mass is 79.9. The van der Waals surface area contributed by atoms with Gasteiger partial charge >= 0.3 is 0 Å². The van der Waals surface area contributed by atoms with Crippen molar-refractivity contribution < 1.29 is 4.79 Å². The van der Waals surface area contributed by atoms with Crippen LogP contribution in [-0.4, -0.2) is 11.9 Å². The molecule has 1 atom stereocenters. The number of rotatable bonds is 5. The summed E-state index contributed by atoms with van der Waals surface area (Å²) in [5.74, 6) is 0.801. The number of carbonyl (C=O) groups is 1. The fourth-order valence-electron chi connectivity index (χ4n) is 2.02. The molecule has 0 radical (unpaired) electrons. The van der Waals surface area contributed by atoms with E-state index in [1.165, 1.54) is 12.8 Å². The molecule has 0 bridgehead atoms. The highest BCUT2D eigenvalue weighted by molar-refractivity contribution is 9.10. The van der Waals surface area contributed by atoms with E-state index in [4.69, 9.17) is 11.6 Å². The van der Waals surface area contributed by atoms with Crippen LogP contribution in [0.2, 0.25) is 5.02 Å². The summed E-state index contributed by atoms with van der Waals surface area (Å²) in [6.07, 6.45) is 4.72. The Kier molecular flexibility index (Phi) is 4.68. The van der Waals surface area contributed by atoms with Crippen molar-refractivity contribution in [1.29, 1.82) is 0 Å². The van der Waals surface area contributed by atoms with Gasteiger partial charge in [-0.2, -0.15) is 0 Å². The fourth-order valence-corrected chi connectivity index (χ4v) is 2.88. The van der Waals surface area contributed by atoms with E-state index in [1.807, 2.05) is 0 Å². The molecule has 0 saturated heterocycles. The second kappa shape index (κ2) is 6.07. The average molecular weight is 331 g/mol. The zero-order chi connectivity index (χ0) is 13.1. The molecule has 0 heterocycles. The zero-order valence-corrected chi connectivity index (χ0v) is 12.7. The van der Waals surface area contributed by atoms with Crippen LogP contribution in [0, 0.1) is 5.92 Å². The number of benzene rings is 1. The molecular weight excluding hydrogens is 314 g/mol. The molecule has 18 heavy (non-hydrogen) atoms. The topological polar surface area (TPSA) is 29.1 Å². The van der Waals surface area contributed by atoms with Crippen molar-refractivity contribution in [2.45, 2.75) is 38.6 Å². The minimum atomic E-state index is -0.0222. The first kappa shape index (κ1) is 13.9. The van der Waals surface area contributed by atoms with Crippen molar-refractivity contribution >= 4 is 33.4 Å². The molecule has 0 aromatic heterocycles. The van der Waals surface area contributed by atoms with Crippen LogP contribution >= 0.6 is 27.5 Å². The third kappa shape index (κ3) is 3.72. The number of amides is 1. The van der Waals surface area contributed by atoms with E-state index in [9.17, 15) is 4.79 Å². The van der Waals surface area contributed by atoms with Gasteiger partial charge in [-0.25, -0.2) is 0 Å². The highest BCUT2D eigenvalue weighted by Gasteiger charge is 2.25. The van der Waals surface area contributed by atoms with E-state index in [2.05, 4.69) is 28.2 Å². The number of carbonyl (C=O) groups excluding carboxylic acids is 1. The maximum Gasteiger partial charge on any atom is 0.252 e. The lowest BCUT2D eigenvalue weighted by Crippen LogP contribution is -2.34. The van der Waals surface area contributed by atoms with Gasteiger partial charge in [-0.3, -0.25) is 4.79 Å². The lowest BCUT2D eigenvalue weighted by atomic mass is 10.1. The summed E-state index contributed by atoms with van der Waals surface area (Å²) in [4.78, 5) is 12.2. The third-order valence-electron chi connectivity index (χ3n) is 3.32. The number of hydrogen-bond acceptors (Lipinski definition) is 1. The number of hydrogen-bond donors (Lipinski definition) is 1. The van der Waals surface area contributed by atoms with Crippen molar-refractivity contribution in [3.05, 3.63) is 33.3 Å². The van der Waals surface area contributed by atoms with Gasteiger partial charge < -0.3 is 5.32 Å². The van der Waals surface area contributed by atoms with Crippen LogP contribution in [0.25, 0.3) is 0 Å². The minimum Gasteiger partial charge on any atom is -0.349 e. The largest absolute Gasteiger partial charge is 0.349 e. The van der Waals surface area contributed by atoms with Gasteiger partial charge in [-0.1, -0.05) is 31.4 Å².